The summed E-state index contributed by atoms with van der Waals surface area (Å²) in [7, 11) is 1.73. The summed E-state index contributed by atoms with van der Waals surface area (Å²) in [6, 6.07) is 0.776. The molecule has 0 aliphatic heterocycles. The average Bonchev–Trinajstić information content (AvgIpc) is 2.77. The quantitative estimate of drug-likeness (QED) is 0.777. The first-order valence-electron chi connectivity index (χ1n) is 6.00. The molecule has 0 amide bonds. The third-order valence-electron chi connectivity index (χ3n) is 2.75. The molecule has 0 radical (unpaired) electrons. The van der Waals surface area contributed by atoms with Crippen molar-refractivity contribution in [3.63, 3.8) is 0 Å². The van der Waals surface area contributed by atoms with Crippen LogP contribution in [-0.2, 0) is 4.74 Å². The number of rotatable bonds is 8. The lowest BCUT2D eigenvalue weighted by atomic mass is 10.2. The van der Waals surface area contributed by atoms with Crippen molar-refractivity contribution in [2.75, 3.05) is 31.0 Å². The SMILES string of the molecule is CCC(CSC)Nc1nccn1C(C)COC. The third-order valence-corrected chi connectivity index (χ3v) is 3.48. The van der Waals surface area contributed by atoms with E-state index in [1.165, 1.54) is 0 Å². The fourth-order valence-corrected chi connectivity index (χ4v) is 2.47. The van der Waals surface area contributed by atoms with Gasteiger partial charge in [0.25, 0.3) is 0 Å². The maximum atomic E-state index is 5.18. The Morgan fingerprint density at radius 1 is 1.59 bits per heavy atom. The zero-order valence-corrected chi connectivity index (χ0v) is 12.0. The van der Waals surface area contributed by atoms with Gasteiger partial charge in [-0.25, -0.2) is 4.98 Å². The van der Waals surface area contributed by atoms with Crippen LogP contribution in [0, 0.1) is 0 Å². The second-order valence-electron chi connectivity index (χ2n) is 4.17. The van der Waals surface area contributed by atoms with E-state index in [1.807, 2.05) is 24.2 Å². The third kappa shape index (κ3) is 4.24. The predicted molar refractivity (Wildman–Crippen MR) is 74.9 cm³/mol. The largest absolute Gasteiger partial charge is 0.383 e. The number of aromatic nitrogens is 2. The standard InChI is InChI=1S/C12H23N3OS/c1-5-11(9-17-4)14-12-13-6-7-15(12)10(2)8-16-3/h6-7,10-11H,5,8-9H2,1-4H3,(H,13,14). The summed E-state index contributed by atoms with van der Waals surface area (Å²) in [4.78, 5) is 4.38. The highest BCUT2D eigenvalue weighted by molar-refractivity contribution is 7.98. The molecular weight excluding hydrogens is 234 g/mol. The molecule has 0 saturated heterocycles. The minimum Gasteiger partial charge on any atom is -0.383 e. The summed E-state index contributed by atoms with van der Waals surface area (Å²) in [6.07, 6.45) is 7.06. The molecule has 0 fully saturated rings. The van der Waals surface area contributed by atoms with Gasteiger partial charge in [0.05, 0.1) is 12.6 Å². The molecule has 2 atom stereocenters. The Bertz CT molecular complexity index is 316. The molecule has 98 valence electrons. The molecular formula is C12H23N3OS. The number of hydrogen-bond donors (Lipinski definition) is 1. The van der Waals surface area contributed by atoms with Crippen molar-refractivity contribution in [3.05, 3.63) is 12.4 Å². The molecule has 0 bridgehead atoms. The van der Waals surface area contributed by atoms with Gasteiger partial charge in [-0.05, 0) is 19.6 Å². The molecule has 1 N–H and O–H groups in total. The molecule has 1 rings (SSSR count). The lowest BCUT2D eigenvalue weighted by Crippen LogP contribution is -2.24. The van der Waals surface area contributed by atoms with E-state index in [0.29, 0.717) is 18.7 Å². The summed E-state index contributed by atoms with van der Waals surface area (Å²) in [5.41, 5.74) is 0. The number of nitrogens with zero attached hydrogens (tertiary/aromatic N) is 2. The number of imidazole rings is 1. The second kappa shape index (κ2) is 7.61. The molecule has 4 nitrogen and oxygen atoms in total. The Morgan fingerprint density at radius 2 is 2.35 bits per heavy atom. The highest BCUT2D eigenvalue weighted by atomic mass is 32.2. The predicted octanol–water partition coefficient (Wildman–Crippen LogP) is 2.64. The van der Waals surface area contributed by atoms with E-state index in [-0.39, 0.29) is 0 Å². The van der Waals surface area contributed by atoms with Gasteiger partial charge in [0.2, 0.25) is 5.95 Å². The highest BCUT2D eigenvalue weighted by Gasteiger charge is 2.12. The maximum absolute atomic E-state index is 5.18. The molecule has 1 aromatic rings. The van der Waals surface area contributed by atoms with Crippen LogP contribution in [0.5, 0.6) is 0 Å². The molecule has 0 saturated carbocycles. The maximum Gasteiger partial charge on any atom is 0.203 e. The molecule has 5 heteroatoms. The number of hydrogen-bond acceptors (Lipinski definition) is 4. The number of ether oxygens (including phenoxy) is 1. The van der Waals surface area contributed by atoms with E-state index in [4.69, 9.17) is 4.74 Å². The minimum atomic E-state index is 0.303. The van der Waals surface area contributed by atoms with E-state index in [1.54, 1.807) is 7.11 Å². The van der Waals surface area contributed by atoms with Crippen molar-refractivity contribution in [2.45, 2.75) is 32.4 Å². The normalized spacial score (nSPS) is 14.6. The summed E-state index contributed by atoms with van der Waals surface area (Å²) < 4.78 is 7.31. The first kappa shape index (κ1) is 14.4. The van der Waals surface area contributed by atoms with E-state index in [9.17, 15) is 0 Å². The van der Waals surface area contributed by atoms with E-state index >= 15 is 0 Å². The first-order chi connectivity index (χ1) is 8.22. The van der Waals surface area contributed by atoms with Gasteiger partial charge in [-0.3, -0.25) is 0 Å². The smallest absolute Gasteiger partial charge is 0.203 e. The zero-order chi connectivity index (χ0) is 12.7. The van der Waals surface area contributed by atoms with Crippen molar-refractivity contribution < 1.29 is 4.74 Å². The van der Waals surface area contributed by atoms with Crippen molar-refractivity contribution in [2.24, 2.45) is 0 Å². The molecule has 0 aliphatic carbocycles. The number of thioether (sulfide) groups is 1. The zero-order valence-electron chi connectivity index (χ0n) is 11.1. The summed E-state index contributed by atoms with van der Waals surface area (Å²) in [5.74, 6) is 2.04. The van der Waals surface area contributed by atoms with Crippen LogP contribution in [-0.4, -0.2) is 41.3 Å². The van der Waals surface area contributed by atoms with Crippen molar-refractivity contribution in [1.82, 2.24) is 9.55 Å². The molecule has 1 heterocycles. The monoisotopic (exact) mass is 257 g/mol. The fraction of sp³-hybridized carbons (Fsp3) is 0.750. The number of nitrogens with one attached hydrogen (secondary N) is 1. The van der Waals surface area contributed by atoms with Gasteiger partial charge in [0.1, 0.15) is 0 Å². The van der Waals surface area contributed by atoms with Crippen LogP contribution in [0.15, 0.2) is 12.4 Å². The Kier molecular flexibility index (Phi) is 6.44. The summed E-state index contributed by atoms with van der Waals surface area (Å²) in [5, 5.41) is 3.49. The van der Waals surface area contributed by atoms with Gasteiger partial charge in [-0.15, -0.1) is 0 Å². The lowest BCUT2D eigenvalue weighted by molar-refractivity contribution is 0.163. The first-order valence-corrected chi connectivity index (χ1v) is 7.39. The van der Waals surface area contributed by atoms with E-state index in [2.05, 4.69) is 35.0 Å². The molecule has 0 aliphatic rings. The van der Waals surface area contributed by atoms with E-state index < -0.39 is 0 Å². The number of anilines is 1. The van der Waals surface area contributed by atoms with E-state index in [0.717, 1.165) is 18.1 Å². The molecule has 0 aromatic carbocycles. The molecule has 0 spiro atoms. The average molecular weight is 257 g/mol. The fourth-order valence-electron chi connectivity index (χ4n) is 1.75. The van der Waals surface area contributed by atoms with Gasteiger partial charge >= 0.3 is 0 Å². The van der Waals surface area contributed by atoms with Crippen LogP contribution in [0.1, 0.15) is 26.3 Å². The Balaban J connectivity index is 2.67. The minimum absolute atomic E-state index is 0.303. The van der Waals surface area contributed by atoms with Crippen LogP contribution < -0.4 is 5.32 Å². The van der Waals surface area contributed by atoms with Crippen molar-refractivity contribution >= 4 is 17.7 Å². The van der Waals surface area contributed by atoms with Gasteiger partial charge in [0, 0.05) is 31.3 Å². The van der Waals surface area contributed by atoms with Crippen LogP contribution in [0.2, 0.25) is 0 Å². The van der Waals surface area contributed by atoms with Crippen LogP contribution in [0.25, 0.3) is 0 Å². The van der Waals surface area contributed by atoms with Gasteiger partial charge in [0.15, 0.2) is 0 Å². The number of methoxy groups -OCH3 is 1. The highest BCUT2D eigenvalue weighted by Crippen LogP contribution is 2.16. The van der Waals surface area contributed by atoms with Crippen LogP contribution in [0.4, 0.5) is 5.95 Å². The van der Waals surface area contributed by atoms with Crippen LogP contribution in [0.3, 0.4) is 0 Å². The second-order valence-corrected chi connectivity index (χ2v) is 5.08. The Labute approximate surface area is 108 Å². The molecule has 2 unspecified atom stereocenters. The molecule has 17 heavy (non-hydrogen) atoms. The van der Waals surface area contributed by atoms with Gasteiger partial charge in [-0.1, -0.05) is 6.92 Å². The van der Waals surface area contributed by atoms with Crippen molar-refractivity contribution in [1.29, 1.82) is 0 Å². The van der Waals surface area contributed by atoms with Crippen LogP contribution >= 0.6 is 11.8 Å². The lowest BCUT2D eigenvalue weighted by Gasteiger charge is -2.20. The molecule has 1 aromatic heterocycles. The Hall–Kier alpha value is -0.680. The Morgan fingerprint density at radius 3 is 2.94 bits per heavy atom. The summed E-state index contributed by atoms with van der Waals surface area (Å²) >= 11 is 1.86. The van der Waals surface area contributed by atoms with Crippen molar-refractivity contribution in [3.8, 4) is 0 Å². The van der Waals surface area contributed by atoms with Gasteiger partial charge in [-0.2, -0.15) is 11.8 Å². The van der Waals surface area contributed by atoms with Gasteiger partial charge < -0.3 is 14.6 Å². The summed E-state index contributed by atoms with van der Waals surface area (Å²) in [6.45, 7) is 5.02. The topological polar surface area (TPSA) is 39.1 Å².